The summed E-state index contributed by atoms with van der Waals surface area (Å²) in [5.41, 5.74) is 1.20. The van der Waals surface area contributed by atoms with E-state index in [9.17, 15) is 9.59 Å². The summed E-state index contributed by atoms with van der Waals surface area (Å²) in [5, 5.41) is 0. The smallest absolute Gasteiger partial charge is 0.351 e. The maximum Gasteiger partial charge on any atom is 0.351 e. The Labute approximate surface area is 122 Å². The SMILES string of the molecule is COc1cc(C)oc(=O)c1C(=O)/C=C/c1cccc(C)c1. The lowest BCUT2D eigenvalue weighted by molar-refractivity contribution is 0.104. The molecule has 108 valence electrons. The second-order valence-corrected chi connectivity index (χ2v) is 4.70. The van der Waals surface area contributed by atoms with E-state index in [4.69, 9.17) is 9.15 Å². The molecule has 0 aliphatic carbocycles. The molecule has 0 N–H and O–H groups in total. The van der Waals surface area contributed by atoms with Gasteiger partial charge in [0.1, 0.15) is 17.1 Å². The van der Waals surface area contributed by atoms with Crippen molar-refractivity contribution in [3.05, 3.63) is 69.3 Å². The average molecular weight is 284 g/mol. The summed E-state index contributed by atoms with van der Waals surface area (Å²) in [6.45, 7) is 3.59. The van der Waals surface area contributed by atoms with Gasteiger partial charge in [-0.1, -0.05) is 35.9 Å². The van der Waals surface area contributed by atoms with E-state index < -0.39 is 11.4 Å². The van der Waals surface area contributed by atoms with Gasteiger partial charge in [-0.25, -0.2) is 4.79 Å². The van der Waals surface area contributed by atoms with Crippen LogP contribution in [0.2, 0.25) is 0 Å². The zero-order valence-electron chi connectivity index (χ0n) is 12.2. The second kappa shape index (κ2) is 6.22. The lowest BCUT2D eigenvalue weighted by Crippen LogP contribution is -2.14. The molecule has 2 rings (SSSR count). The quantitative estimate of drug-likeness (QED) is 0.639. The summed E-state index contributed by atoms with van der Waals surface area (Å²) in [7, 11) is 1.41. The van der Waals surface area contributed by atoms with E-state index >= 15 is 0 Å². The number of allylic oxidation sites excluding steroid dienone is 1. The van der Waals surface area contributed by atoms with Crippen LogP contribution in [0.3, 0.4) is 0 Å². The third-order valence-electron chi connectivity index (χ3n) is 2.97. The molecule has 1 aromatic carbocycles. The molecule has 4 nitrogen and oxygen atoms in total. The van der Waals surface area contributed by atoms with Crippen molar-refractivity contribution in [1.29, 1.82) is 0 Å². The van der Waals surface area contributed by atoms with Gasteiger partial charge in [-0.15, -0.1) is 0 Å². The highest BCUT2D eigenvalue weighted by molar-refractivity contribution is 6.08. The van der Waals surface area contributed by atoms with Crippen LogP contribution in [0.1, 0.15) is 27.2 Å². The fourth-order valence-electron chi connectivity index (χ4n) is 2.00. The van der Waals surface area contributed by atoms with Crippen molar-refractivity contribution in [2.45, 2.75) is 13.8 Å². The van der Waals surface area contributed by atoms with E-state index in [0.717, 1.165) is 11.1 Å². The molecule has 0 saturated carbocycles. The third kappa shape index (κ3) is 3.48. The van der Waals surface area contributed by atoms with Gasteiger partial charge in [0.05, 0.1) is 7.11 Å². The summed E-state index contributed by atoms with van der Waals surface area (Å²) in [5.74, 6) is 0.181. The molecule has 0 amide bonds. The van der Waals surface area contributed by atoms with Gasteiger partial charge < -0.3 is 9.15 Å². The van der Waals surface area contributed by atoms with Crippen LogP contribution < -0.4 is 10.4 Å². The van der Waals surface area contributed by atoms with Crippen LogP contribution in [0.5, 0.6) is 5.75 Å². The summed E-state index contributed by atoms with van der Waals surface area (Å²) in [6, 6.07) is 9.22. The first-order valence-electron chi connectivity index (χ1n) is 6.49. The van der Waals surface area contributed by atoms with Crippen molar-refractivity contribution in [1.82, 2.24) is 0 Å². The van der Waals surface area contributed by atoms with Crippen molar-refractivity contribution < 1.29 is 13.9 Å². The Hall–Kier alpha value is -2.62. The van der Waals surface area contributed by atoms with Crippen LogP contribution in [-0.2, 0) is 0 Å². The molecular weight excluding hydrogens is 268 g/mol. The first-order valence-corrected chi connectivity index (χ1v) is 6.49. The van der Waals surface area contributed by atoms with Crippen molar-refractivity contribution in [3.63, 3.8) is 0 Å². The first kappa shape index (κ1) is 14.8. The molecule has 0 fully saturated rings. The van der Waals surface area contributed by atoms with Crippen LogP contribution >= 0.6 is 0 Å². The van der Waals surface area contributed by atoms with E-state index in [1.54, 1.807) is 13.0 Å². The minimum Gasteiger partial charge on any atom is -0.496 e. The predicted octanol–water partition coefficient (Wildman–Crippen LogP) is 3.16. The number of carbonyl (C=O) groups excluding carboxylic acids is 1. The Bertz CT molecular complexity index is 754. The summed E-state index contributed by atoms with van der Waals surface area (Å²) in [6.07, 6.45) is 3.01. The van der Waals surface area contributed by atoms with Crippen molar-refractivity contribution in [3.8, 4) is 5.75 Å². The minimum absolute atomic E-state index is 0.0907. The fourth-order valence-corrected chi connectivity index (χ4v) is 2.00. The van der Waals surface area contributed by atoms with Crippen LogP contribution in [0.15, 0.2) is 45.6 Å². The molecule has 0 atom stereocenters. The zero-order chi connectivity index (χ0) is 15.4. The van der Waals surface area contributed by atoms with Gasteiger partial charge in [0, 0.05) is 6.07 Å². The Morgan fingerprint density at radius 3 is 2.67 bits per heavy atom. The van der Waals surface area contributed by atoms with E-state index in [-0.39, 0.29) is 11.3 Å². The van der Waals surface area contributed by atoms with E-state index in [2.05, 4.69) is 0 Å². The summed E-state index contributed by atoms with van der Waals surface area (Å²) in [4.78, 5) is 24.0. The monoisotopic (exact) mass is 284 g/mol. The van der Waals surface area contributed by atoms with Crippen LogP contribution in [-0.4, -0.2) is 12.9 Å². The number of aryl methyl sites for hydroxylation is 2. The number of carbonyl (C=O) groups is 1. The molecule has 2 aromatic rings. The first-order chi connectivity index (χ1) is 10.0. The maximum absolute atomic E-state index is 12.2. The molecule has 0 spiro atoms. The van der Waals surface area contributed by atoms with Crippen molar-refractivity contribution >= 4 is 11.9 Å². The van der Waals surface area contributed by atoms with Crippen LogP contribution in [0, 0.1) is 13.8 Å². The molecule has 0 aliphatic rings. The average Bonchev–Trinajstić information content (AvgIpc) is 2.44. The number of hydrogen-bond acceptors (Lipinski definition) is 4. The molecule has 1 heterocycles. The van der Waals surface area contributed by atoms with Crippen molar-refractivity contribution in [2.75, 3.05) is 7.11 Å². The number of ether oxygens (including phenoxy) is 1. The summed E-state index contributed by atoms with van der Waals surface area (Å²) >= 11 is 0. The Morgan fingerprint density at radius 2 is 2.00 bits per heavy atom. The number of ketones is 1. The topological polar surface area (TPSA) is 56.5 Å². The lowest BCUT2D eigenvalue weighted by Gasteiger charge is -2.04. The Morgan fingerprint density at radius 1 is 1.24 bits per heavy atom. The second-order valence-electron chi connectivity index (χ2n) is 4.70. The van der Waals surface area contributed by atoms with Crippen molar-refractivity contribution in [2.24, 2.45) is 0 Å². The van der Waals surface area contributed by atoms with Gasteiger partial charge >= 0.3 is 5.63 Å². The van der Waals surface area contributed by atoms with Gasteiger partial charge in [-0.3, -0.25) is 4.79 Å². The van der Waals surface area contributed by atoms with Gasteiger partial charge in [-0.2, -0.15) is 0 Å². The van der Waals surface area contributed by atoms with Gasteiger partial charge in [0.15, 0.2) is 5.78 Å². The maximum atomic E-state index is 12.2. The number of benzene rings is 1. The Kier molecular flexibility index (Phi) is 4.38. The van der Waals surface area contributed by atoms with E-state index in [1.807, 2.05) is 31.2 Å². The predicted molar refractivity (Wildman–Crippen MR) is 80.8 cm³/mol. The molecule has 0 saturated heterocycles. The number of rotatable bonds is 4. The van der Waals surface area contributed by atoms with E-state index in [0.29, 0.717) is 5.76 Å². The zero-order valence-corrected chi connectivity index (χ0v) is 12.2. The third-order valence-corrected chi connectivity index (χ3v) is 2.97. The molecule has 21 heavy (non-hydrogen) atoms. The summed E-state index contributed by atoms with van der Waals surface area (Å²) < 4.78 is 10.0. The van der Waals surface area contributed by atoms with Gasteiger partial charge in [0.25, 0.3) is 0 Å². The largest absolute Gasteiger partial charge is 0.496 e. The fraction of sp³-hybridized carbons (Fsp3) is 0.176. The molecule has 0 radical (unpaired) electrons. The molecular formula is C17H16O4. The highest BCUT2D eigenvalue weighted by Crippen LogP contribution is 2.17. The molecule has 4 heteroatoms. The molecule has 0 unspecified atom stereocenters. The molecule has 0 bridgehead atoms. The number of methoxy groups -OCH3 is 1. The highest BCUT2D eigenvalue weighted by Gasteiger charge is 2.17. The molecule has 0 aliphatic heterocycles. The highest BCUT2D eigenvalue weighted by atomic mass is 16.5. The number of hydrogen-bond donors (Lipinski definition) is 0. The van der Waals surface area contributed by atoms with Crippen LogP contribution in [0.4, 0.5) is 0 Å². The van der Waals surface area contributed by atoms with Gasteiger partial charge in [0.2, 0.25) is 0 Å². The normalized spacial score (nSPS) is 10.8. The molecule has 1 aromatic heterocycles. The minimum atomic E-state index is -0.689. The standard InChI is InChI=1S/C17H16O4/c1-11-5-4-6-13(9-11)7-8-14(18)16-15(20-3)10-12(2)21-17(16)19/h4-10H,1-3H3/b8-7+. The van der Waals surface area contributed by atoms with Crippen LogP contribution in [0.25, 0.3) is 6.08 Å². The Balaban J connectivity index is 2.35. The van der Waals surface area contributed by atoms with E-state index in [1.165, 1.54) is 19.3 Å². The van der Waals surface area contributed by atoms with Gasteiger partial charge in [-0.05, 0) is 25.5 Å². The lowest BCUT2D eigenvalue weighted by atomic mass is 10.1.